The van der Waals surface area contributed by atoms with E-state index in [0.29, 0.717) is 18.4 Å². The SMILES string of the molecule is CCCCCCCC(=O)NC1CC(CCC)CC(c2ccccc2)C1. The zero-order chi connectivity index (χ0) is 17.9. The molecule has 0 aromatic heterocycles. The topological polar surface area (TPSA) is 29.1 Å². The molecular formula is C23H37NO. The minimum absolute atomic E-state index is 0.269. The molecule has 1 aliphatic carbocycles. The fourth-order valence-electron chi connectivity index (χ4n) is 4.38. The molecule has 1 N–H and O–H groups in total. The van der Waals surface area contributed by atoms with Gasteiger partial charge < -0.3 is 5.32 Å². The van der Waals surface area contributed by atoms with Gasteiger partial charge in [-0.2, -0.15) is 0 Å². The highest BCUT2D eigenvalue weighted by molar-refractivity contribution is 5.76. The maximum atomic E-state index is 12.3. The Morgan fingerprint density at radius 3 is 2.44 bits per heavy atom. The van der Waals surface area contributed by atoms with Gasteiger partial charge in [-0.15, -0.1) is 0 Å². The van der Waals surface area contributed by atoms with Crippen molar-refractivity contribution in [1.82, 2.24) is 5.32 Å². The molecule has 2 rings (SSSR count). The minimum Gasteiger partial charge on any atom is -0.353 e. The van der Waals surface area contributed by atoms with Gasteiger partial charge in [-0.1, -0.05) is 82.7 Å². The fraction of sp³-hybridized carbons (Fsp3) is 0.696. The minimum atomic E-state index is 0.269. The van der Waals surface area contributed by atoms with Crippen LogP contribution in [0.5, 0.6) is 0 Å². The first-order chi connectivity index (χ1) is 12.2. The van der Waals surface area contributed by atoms with Crippen molar-refractivity contribution in [3.8, 4) is 0 Å². The van der Waals surface area contributed by atoms with Gasteiger partial charge in [-0.25, -0.2) is 0 Å². The molecule has 3 unspecified atom stereocenters. The number of hydrogen-bond acceptors (Lipinski definition) is 1. The van der Waals surface area contributed by atoms with Crippen LogP contribution in [0.2, 0.25) is 0 Å². The van der Waals surface area contributed by atoms with Gasteiger partial charge in [0.15, 0.2) is 0 Å². The van der Waals surface area contributed by atoms with E-state index in [1.54, 1.807) is 0 Å². The number of carbonyl (C=O) groups is 1. The van der Waals surface area contributed by atoms with Crippen LogP contribution in [0, 0.1) is 5.92 Å². The maximum absolute atomic E-state index is 12.3. The number of unbranched alkanes of at least 4 members (excludes halogenated alkanes) is 4. The van der Waals surface area contributed by atoms with Gasteiger partial charge in [0.2, 0.25) is 5.91 Å². The van der Waals surface area contributed by atoms with E-state index in [2.05, 4.69) is 49.5 Å². The molecule has 1 amide bonds. The summed E-state index contributed by atoms with van der Waals surface area (Å²) in [6, 6.07) is 11.2. The van der Waals surface area contributed by atoms with Crippen molar-refractivity contribution >= 4 is 5.91 Å². The molecule has 0 heterocycles. The molecule has 1 saturated carbocycles. The van der Waals surface area contributed by atoms with E-state index in [0.717, 1.165) is 18.8 Å². The highest BCUT2D eigenvalue weighted by Crippen LogP contribution is 2.38. The van der Waals surface area contributed by atoms with Crippen molar-refractivity contribution in [2.45, 2.75) is 96.4 Å². The zero-order valence-electron chi connectivity index (χ0n) is 16.3. The Bertz CT molecular complexity index is 484. The van der Waals surface area contributed by atoms with Gasteiger partial charge >= 0.3 is 0 Å². The fourth-order valence-corrected chi connectivity index (χ4v) is 4.38. The summed E-state index contributed by atoms with van der Waals surface area (Å²) in [4.78, 5) is 12.3. The van der Waals surface area contributed by atoms with Crippen LogP contribution in [0.1, 0.15) is 96.0 Å². The van der Waals surface area contributed by atoms with Crippen LogP contribution in [-0.4, -0.2) is 11.9 Å². The lowest BCUT2D eigenvalue weighted by Crippen LogP contribution is -2.40. The Morgan fingerprint density at radius 1 is 0.960 bits per heavy atom. The summed E-state index contributed by atoms with van der Waals surface area (Å²) in [6.07, 6.45) is 12.8. The summed E-state index contributed by atoms with van der Waals surface area (Å²) >= 11 is 0. The second-order valence-corrected chi connectivity index (χ2v) is 7.90. The Balaban J connectivity index is 1.84. The molecule has 0 spiro atoms. The summed E-state index contributed by atoms with van der Waals surface area (Å²) in [5, 5.41) is 3.36. The van der Waals surface area contributed by atoms with Crippen LogP contribution in [0.25, 0.3) is 0 Å². The summed E-state index contributed by atoms with van der Waals surface area (Å²) in [5.41, 5.74) is 1.45. The smallest absolute Gasteiger partial charge is 0.220 e. The number of rotatable bonds is 10. The number of benzene rings is 1. The second-order valence-electron chi connectivity index (χ2n) is 7.90. The van der Waals surface area contributed by atoms with Crippen LogP contribution < -0.4 is 5.32 Å². The Labute approximate surface area is 154 Å². The molecule has 1 aliphatic rings. The first-order valence-corrected chi connectivity index (χ1v) is 10.6. The van der Waals surface area contributed by atoms with Gasteiger partial charge in [0, 0.05) is 12.5 Å². The third-order valence-electron chi connectivity index (χ3n) is 5.65. The van der Waals surface area contributed by atoms with Crippen molar-refractivity contribution in [2.75, 3.05) is 0 Å². The van der Waals surface area contributed by atoms with Crippen molar-refractivity contribution < 1.29 is 4.79 Å². The Kier molecular flexibility index (Phi) is 9.07. The van der Waals surface area contributed by atoms with E-state index >= 15 is 0 Å². The molecular weight excluding hydrogens is 306 g/mol. The van der Waals surface area contributed by atoms with Gasteiger partial charge in [0.05, 0.1) is 0 Å². The third kappa shape index (κ3) is 7.22. The van der Waals surface area contributed by atoms with Crippen molar-refractivity contribution in [1.29, 1.82) is 0 Å². The summed E-state index contributed by atoms with van der Waals surface area (Å²) in [7, 11) is 0. The molecule has 0 radical (unpaired) electrons. The molecule has 1 aromatic rings. The molecule has 3 atom stereocenters. The maximum Gasteiger partial charge on any atom is 0.220 e. The van der Waals surface area contributed by atoms with Crippen LogP contribution in [0.3, 0.4) is 0 Å². The van der Waals surface area contributed by atoms with Gasteiger partial charge in [-0.05, 0) is 43.1 Å². The van der Waals surface area contributed by atoms with E-state index in [1.165, 1.54) is 56.9 Å². The first-order valence-electron chi connectivity index (χ1n) is 10.6. The van der Waals surface area contributed by atoms with Crippen molar-refractivity contribution in [2.24, 2.45) is 5.92 Å². The van der Waals surface area contributed by atoms with E-state index in [1.807, 2.05) is 0 Å². The normalized spacial score (nSPS) is 23.4. The first kappa shape index (κ1) is 20.0. The summed E-state index contributed by atoms with van der Waals surface area (Å²) in [6.45, 7) is 4.50. The van der Waals surface area contributed by atoms with E-state index in [9.17, 15) is 4.79 Å². The Hall–Kier alpha value is -1.31. The predicted molar refractivity (Wildman–Crippen MR) is 107 cm³/mol. The van der Waals surface area contributed by atoms with Crippen LogP contribution >= 0.6 is 0 Å². The predicted octanol–water partition coefficient (Wildman–Crippen LogP) is 6.22. The van der Waals surface area contributed by atoms with Gasteiger partial charge in [0.25, 0.3) is 0 Å². The quantitative estimate of drug-likeness (QED) is 0.502. The number of nitrogens with one attached hydrogen (secondary N) is 1. The van der Waals surface area contributed by atoms with E-state index in [4.69, 9.17) is 0 Å². The number of hydrogen-bond donors (Lipinski definition) is 1. The van der Waals surface area contributed by atoms with Gasteiger partial charge in [-0.3, -0.25) is 4.79 Å². The monoisotopic (exact) mass is 343 g/mol. The van der Waals surface area contributed by atoms with Crippen molar-refractivity contribution in [3.63, 3.8) is 0 Å². The largest absolute Gasteiger partial charge is 0.353 e. The highest BCUT2D eigenvalue weighted by Gasteiger charge is 2.30. The lowest BCUT2D eigenvalue weighted by Gasteiger charge is -2.35. The second kappa shape index (κ2) is 11.3. The molecule has 1 fully saturated rings. The average molecular weight is 344 g/mol. The molecule has 2 heteroatoms. The molecule has 0 bridgehead atoms. The van der Waals surface area contributed by atoms with Gasteiger partial charge in [0.1, 0.15) is 0 Å². The lowest BCUT2D eigenvalue weighted by molar-refractivity contribution is -0.122. The van der Waals surface area contributed by atoms with Crippen LogP contribution in [0.4, 0.5) is 0 Å². The molecule has 25 heavy (non-hydrogen) atoms. The summed E-state index contributed by atoms with van der Waals surface area (Å²) < 4.78 is 0. The highest BCUT2D eigenvalue weighted by atomic mass is 16.1. The van der Waals surface area contributed by atoms with Crippen LogP contribution in [0.15, 0.2) is 30.3 Å². The molecule has 1 aromatic carbocycles. The molecule has 2 nitrogen and oxygen atoms in total. The standard InChI is InChI=1S/C23H37NO/c1-3-5-6-7-11-15-23(25)24-22-17-19(12-4-2)16-21(18-22)20-13-9-8-10-14-20/h8-10,13-14,19,21-22H,3-7,11-12,15-18H2,1-2H3,(H,24,25). The number of amides is 1. The molecule has 0 saturated heterocycles. The molecule has 140 valence electrons. The Morgan fingerprint density at radius 2 is 1.72 bits per heavy atom. The lowest BCUT2D eigenvalue weighted by atomic mass is 9.74. The number of carbonyl (C=O) groups excluding carboxylic acids is 1. The molecule has 0 aliphatic heterocycles. The van der Waals surface area contributed by atoms with E-state index < -0.39 is 0 Å². The van der Waals surface area contributed by atoms with Crippen molar-refractivity contribution in [3.05, 3.63) is 35.9 Å². The van der Waals surface area contributed by atoms with E-state index in [-0.39, 0.29) is 5.91 Å². The zero-order valence-corrected chi connectivity index (χ0v) is 16.3. The average Bonchev–Trinajstić information content (AvgIpc) is 2.62. The van der Waals surface area contributed by atoms with Crippen LogP contribution in [-0.2, 0) is 4.79 Å². The third-order valence-corrected chi connectivity index (χ3v) is 5.65. The summed E-state index contributed by atoms with van der Waals surface area (Å²) in [5.74, 6) is 1.62.